The van der Waals surface area contributed by atoms with Crippen LogP contribution in [0.2, 0.25) is 0 Å². The summed E-state index contributed by atoms with van der Waals surface area (Å²) in [4.78, 5) is 13.6. The zero-order valence-electron chi connectivity index (χ0n) is 10.0. The lowest BCUT2D eigenvalue weighted by molar-refractivity contribution is -0.122. The molecule has 0 spiro atoms. The molecule has 1 aliphatic rings. The molecule has 4 nitrogen and oxygen atoms in total. The molecule has 0 aromatic heterocycles. The Labute approximate surface area is 104 Å². The molecule has 2 unspecified atom stereocenters. The van der Waals surface area contributed by atoms with Crippen molar-refractivity contribution < 1.29 is 4.79 Å². The largest absolute Gasteiger partial charge is 0.352 e. The number of halogens is 1. The van der Waals surface area contributed by atoms with Gasteiger partial charge in [-0.25, -0.2) is 0 Å². The van der Waals surface area contributed by atoms with Gasteiger partial charge in [0.2, 0.25) is 5.91 Å². The van der Waals surface area contributed by atoms with Gasteiger partial charge in [0.1, 0.15) is 0 Å². The van der Waals surface area contributed by atoms with Crippen LogP contribution in [0.3, 0.4) is 0 Å². The fourth-order valence-electron chi connectivity index (χ4n) is 2.01. The van der Waals surface area contributed by atoms with E-state index >= 15 is 0 Å². The van der Waals surface area contributed by atoms with Gasteiger partial charge in [-0.2, -0.15) is 0 Å². The van der Waals surface area contributed by atoms with E-state index < -0.39 is 0 Å². The van der Waals surface area contributed by atoms with E-state index in [-0.39, 0.29) is 18.3 Å². The van der Waals surface area contributed by atoms with E-state index in [1.165, 1.54) is 0 Å². The maximum absolute atomic E-state index is 11.5. The van der Waals surface area contributed by atoms with Gasteiger partial charge in [0, 0.05) is 31.7 Å². The lowest BCUT2D eigenvalue weighted by atomic mass is 10.1. The van der Waals surface area contributed by atoms with Crippen molar-refractivity contribution in [3.05, 3.63) is 12.7 Å². The Morgan fingerprint density at radius 2 is 2.06 bits per heavy atom. The molecule has 1 rings (SSSR count). The first kappa shape index (κ1) is 15.4. The third-order valence-corrected chi connectivity index (χ3v) is 2.44. The summed E-state index contributed by atoms with van der Waals surface area (Å²) >= 11 is 0. The number of hydrogen-bond donors (Lipinski definition) is 2. The Morgan fingerprint density at radius 1 is 1.50 bits per heavy atom. The summed E-state index contributed by atoms with van der Waals surface area (Å²) in [7, 11) is 0. The molecule has 1 amide bonds. The van der Waals surface area contributed by atoms with Crippen LogP contribution in [0, 0.1) is 0 Å². The molecule has 0 aromatic rings. The van der Waals surface area contributed by atoms with Crippen molar-refractivity contribution in [2.75, 3.05) is 26.2 Å². The predicted octanol–water partition coefficient (Wildman–Crippen LogP) is 0.393. The van der Waals surface area contributed by atoms with E-state index in [0.29, 0.717) is 25.2 Å². The second-order valence-corrected chi connectivity index (χ2v) is 4.26. The molecule has 2 atom stereocenters. The maximum Gasteiger partial charge on any atom is 0.234 e. The van der Waals surface area contributed by atoms with E-state index in [9.17, 15) is 4.79 Å². The van der Waals surface area contributed by atoms with E-state index in [2.05, 4.69) is 36.0 Å². The smallest absolute Gasteiger partial charge is 0.234 e. The number of nitrogens with one attached hydrogen (secondary N) is 2. The van der Waals surface area contributed by atoms with Gasteiger partial charge in [-0.1, -0.05) is 6.08 Å². The summed E-state index contributed by atoms with van der Waals surface area (Å²) in [5.74, 6) is 0.0798. The molecule has 1 aliphatic heterocycles. The fraction of sp³-hybridized carbons (Fsp3) is 0.727. The number of rotatable bonds is 4. The van der Waals surface area contributed by atoms with Crippen molar-refractivity contribution in [2.45, 2.75) is 25.9 Å². The van der Waals surface area contributed by atoms with Crippen molar-refractivity contribution in [1.82, 2.24) is 15.5 Å². The minimum absolute atomic E-state index is 0. The van der Waals surface area contributed by atoms with Crippen LogP contribution in [-0.2, 0) is 4.79 Å². The predicted molar refractivity (Wildman–Crippen MR) is 69.0 cm³/mol. The lowest BCUT2D eigenvalue weighted by Crippen LogP contribution is -2.56. The Hall–Kier alpha value is -0.580. The van der Waals surface area contributed by atoms with Crippen LogP contribution in [0.25, 0.3) is 0 Å². The summed E-state index contributed by atoms with van der Waals surface area (Å²) in [6.07, 6.45) is 1.70. The summed E-state index contributed by atoms with van der Waals surface area (Å²) in [5.41, 5.74) is 0. The molecule has 0 bridgehead atoms. The van der Waals surface area contributed by atoms with E-state index in [4.69, 9.17) is 0 Å². The van der Waals surface area contributed by atoms with Crippen molar-refractivity contribution in [1.29, 1.82) is 0 Å². The molecule has 16 heavy (non-hydrogen) atoms. The fourth-order valence-corrected chi connectivity index (χ4v) is 2.01. The molecule has 1 fully saturated rings. The molecule has 0 aliphatic carbocycles. The zero-order chi connectivity index (χ0) is 11.3. The van der Waals surface area contributed by atoms with Crippen LogP contribution in [0.4, 0.5) is 0 Å². The quantitative estimate of drug-likeness (QED) is 0.707. The van der Waals surface area contributed by atoms with Crippen LogP contribution >= 0.6 is 12.4 Å². The highest BCUT2D eigenvalue weighted by atomic mass is 35.5. The van der Waals surface area contributed by atoms with Crippen LogP contribution in [0.5, 0.6) is 0 Å². The van der Waals surface area contributed by atoms with Crippen LogP contribution in [0.1, 0.15) is 13.8 Å². The molecule has 0 radical (unpaired) electrons. The van der Waals surface area contributed by atoms with Crippen molar-refractivity contribution >= 4 is 18.3 Å². The molecule has 5 heteroatoms. The number of amides is 1. The first-order valence-corrected chi connectivity index (χ1v) is 5.47. The van der Waals surface area contributed by atoms with Gasteiger partial charge < -0.3 is 10.6 Å². The highest BCUT2D eigenvalue weighted by molar-refractivity contribution is 5.85. The minimum atomic E-state index is 0. The normalized spacial score (nSPS) is 25.6. The third kappa shape index (κ3) is 5.49. The number of piperazine rings is 1. The summed E-state index contributed by atoms with van der Waals surface area (Å²) < 4.78 is 0. The van der Waals surface area contributed by atoms with Gasteiger partial charge in [0.15, 0.2) is 0 Å². The Morgan fingerprint density at radius 3 is 2.56 bits per heavy atom. The number of nitrogens with zero attached hydrogens (tertiary/aromatic N) is 1. The van der Waals surface area contributed by atoms with Gasteiger partial charge in [0.05, 0.1) is 6.54 Å². The standard InChI is InChI=1S/C11H21N3O.ClH/c1-4-5-12-11(15)8-14-6-9(2)13-10(3)7-14;/h4,9-10,13H,1,5-8H2,2-3H3,(H,12,15);1H. The van der Waals surface area contributed by atoms with Gasteiger partial charge in [-0.05, 0) is 13.8 Å². The van der Waals surface area contributed by atoms with E-state index in [0.717, 1.165) is 13.1 Å². The second kappa shape index (κ2) is 7.65. The number of carbonyl (C=O) groups excluding carboxylic acids is 1. The average Bonchev–Trinajstić information content (AvgIpc) is 2.13. The lowest BCUT2D eigenvalue weighted by Gasteiger charge is -2.35. The van der Waals surface area contributed by atoms with Gasteiger partial charge >= 0.3 is 0 Å². The molecule has 0 aromatic carbocycles. The van der Waals surface area contributed by atoms with Gasteiger partial charge in [-0.15, -0.1) is 19.0 Å². The second-order valence-electron chi connectivity index (χ2n) is 4.26. The number of hydrogen-bond acceptors (Lipinski definition) is 3. The van der Waals surface area contributed by atoms with Crippen LogP contribution in [0.15, 0.2) is 12.7 Å². The monoisotopic (exact) mass is 247 g/mol. The molecule has 2 N–H and O–H groups in total. The topological polar surface area (TPSA) is 44.4 Å². The SMILES string of the molecule is C=CCNC(=O)CN1CC(C)NC(C)C1.Cl. The summed E-state index contributed by atoms with van der Waals surface area (Å²) in [5, 5.41) is 6.23. The molecule has 1 saturated heterocycles. The summed E-state index contributed by atoms with van der Waals surface area (Å²) in [6, 6.07) is 0.918. The van der Waals surface area contributed by atoms with Crippen molar-refractivity contribution in [3.8, 4) is 0 Å². The minimum Gasteiger partial charge on any atom is -0.352 e. The maximum atomic E-state index is 11.5. The summed E-state index contributed by atoms with van der Waals surface area (Å²) in [6.45, 7) is 10.8. The van der Waals surface area contributed by atoms with Crippen LogP contribution < -0.4 is 10.6 Å². The average molecular weight is 248 g/mol. The highest BCUT2D eigenvalue weighted by Gasteiger charge is 2.21. The van der Waals surface area contributed by atoms with Crippen molar-refractivity contribution in [3.63, 3.8) is 0 Å². The molecule has 0 saturated carbocycles. The Kier molecular flexibility index (Phi) is 7.38. The van der Waals surface area contributed by atoms with Crippen LogP contribution in [-0.4, -0.2) is 49.1 Å². The van der Waals surface area contributed by atoms with Crippen molar-refractivity contribution in [2.24, 2.45) is 0 Å². The van der Waals surface area contributed by atoms with Gasteiger partial charge in [-0.3, -0.25) is 9.69 Å². The van der Waals surface area contributed by atoms with Gasteiger partial charge in [0.25, 0.3) is 0 Å². The molecular formula is C11H22ClN3O. The zero-order valence-corrected chi connectivity index (χ0v) is 10.8. The molecular weight excluding hydrogens is 226 g/mol. The molecule has 94 valence electrons. The highest BCUT2D eigenvalue weighted by Crippen LogP contribution is 2.02. The third-order valence-electron chi connectivity index (χ3n) is 2.44. The molecule has 1 heterocycles. The van der Waals surface area contributed by atoms with E-state index in [1.807, 2.05) is 0 Å². The Bertz CT molecular complexity index is 225. The first-order chi connectivity index (χ1) is 7.11. The van der Waals surface area contributed by atoms with E-state index in [1.54, 1.807) is 6.08 Å². The Balaban J connectivity index is 0.00000225. The first-order valence-electron chi connectivity index (χ1n) is 5.47. The number of carbonyl (C=O) groups is 1.